The van der Waals surface area contributed by atoms with Crippen molar-refractivity contribution in [3.05, 3.63) is 139 Å². The molecule has 12 fully saturated rings. The summed E-state index contributed by atoms with van der Waals surface area (Å²) in [4.78, 5) is 165. The first-order valence-corrected chi connectivity index (χ1v) is 57.4. The van der Waals surface area contributed by atoms with Crippen molar-refractivity contribution in [3.8, 4) is 0 Å². The number of ether oxygens (including phenoxy) is 2. The van der Waals surface area contributed by atoms with E-state index in [1.807, 2.05) is 64.2 Å². The van der Waals surface area contributed by atoms with Gasteiger partial charge in [-0.3, -0.25) is 38.4 Å². The van der Waals surface area contributed by atoms with Gasteiger partial charge >= 0.3 is 18.0 Å². The van der Waals surface area contributed by atoms with E-state index >= 15 is 0 Å². The molecule has 0 bridgehead atoms. The Morgan fingerprint density at radius 3 is 0.940 bits per heavy atom. The first-order chi connectivity index (χ1) is 69.2. The highest BCUT2D eigenvalue weighted by Gasteiger charge is 2.79. The number of methoxy groups -OCH3 is 2. The van der Waals surface area contributed by atoms with E-state index in [1.54, 1.807) is 13.0 Å². The molecule has 20 heteroatoms. The minimum absolute atomic E-state index is 0.000935. The van der Waals surface area contributed by atoms with Crippen LogP contribution in [-0.4, -0.2) is 102 Å². The topological polar surface area (TPSA) is 264 Å². The third-order valence-electron chi connectivity index (χ3n) is 51.0. The number of Topliss-reactive ketones (excluding diaryl/α,β-unsaturated/α-hetero) is 4. The number of hydrogen-bond acceptors (Lipinski definition) is 15. The van der Waals surface area contributed by atoms with E-state index in [-0.39, 0.29) is 224 Å². The third kappa shape index (κ3) is 15.0. The normalized spacial score (nSPS) is 46.4. The van der Waals surface area contributed by atoms with Crippen molar-refractivity contribution in [1.82, 2.24) is 0 Å². The van der Waals surface area contributed by atoms with Crippen molar-refractivity contribution in [2.24, 2.45) is 207 Å². The molecular weight excluding hydrogens is 1880 g/mol. The lowest BCUT2D eigenvalue weighted by molar-refractivity contribution is -0.192. The van der Waals surface area contributed by atoms with E-state index in [0.29, 0.717) is 50.9 Å². The summed E-state index contributed by atoms with van der Waals surface area (Å²) in [5, 5.41) is 19.9. The van der Waals surface area contributed by atoms with Crippen LogP contribution in [0.3, 0.4) is 0 Å². The second-order valence-electron chi connectivity index (χ2n) is 60.4. The summed E-state index contributed by atoms with van der Waals surface area (Å²) < 4.78 is 25.7. The van der Waals surface area contributed by atoms with Crippen molar-refractivity contribution < 1.29 is 76.8 Å². The lowest BCUT2D eigenvalue weighted by Crippen LogP contribution is -2.66. The maximum Gasteiger partial charge on any atom is 0.312 e. The lowest BCUT2D eigenvalue weighted by Gasteiger charge is -2.69. The summed E-state index contributed by atoms with van der Waals surface area (Å²) in [7, 11) is 2.98. The summed E-state index contributed by atoms with van der Waals surface area (Å²) in [5.41, 5.74) is -3.87. The highest BCUT2D eigenvalue weighted by atomic mass is 19.1. The molecule has 0 heterocycles. The second kappa shape index (κ2) is 35.6. The van der Waals surface area contributed by atoms with E-state index in [2.05, 4.69) is 185 Å². The lowest BCUT2D eigenvalue weighted by atomic mass is 9.34. The summed E-state index contributed by atoms with van der Waals surface area (Å²) in [6.45, 7) is 92.3. The van der Waals surface area contributed by atoms with Crippen LogP contribution in [-0.2, 0) is 62.2 Å². The number of esters is 2. The maximum atomic E-state index is 14.9. The predicted molar refractivity (Wildman–Crippen MR) is 577 cm³/mol. The summed E-state index contributed by atoms with van der Waals surface area (Å²) in [6.07, 6.45) is 39.0. The van der Waals surface area contributed by atoms with Crippen LogP contribution in [0.4, 0.5) is 4.39 Å². The van der Waals surface area contributed by atoms with Gasteiger partial charge in [-0.05, 0) is 334 Å². The summed E-state index contributed by atoms with van der Waals surface area (Å²) in [6, 6.07) is -1.23. The van der Waals surface area contributed by atoms with Gasteiger partial charge in [0.25, 0.3) is 0 Å². The number of carbonyl (C=O) groups excluding carboxylic acids is 11. The van der Waals surface area contributed by atoms with Gasteiger partial charge in [-0.25, -0.2) is 19.4 Å². The number of hydrogen-bond donors (Lipinski definition) is 2. The fourth-order valence-corrected chi connectivity index (χ4v) is 41.2. The van der Waals surface area contributed by atoms with Gasteiger partial charge < -0.3 is 34.1 Å². The molecule has 0 saturated heterocycles. The zero-order chi connectivity index (χ0) is 111. The Balaban J connectivity index is 0.000000136. The Morgan fingerprint density at radius 2 is 0.627 bits per heavy atom. The van der Waals surface area contributed by atoms with Crippen molar-refractivity contribution in [2.75, 3.05) is 27.4 Å². The Morgan fingerprint density at radius 1 is 0.353 bits per heavy atom. The van der Waals surface area contributed by atoms with Gasteiger partial charge in [0, 0.05) is 80.0 Å². The number of halogens is 1. The molecule has 0 aromatic rings. The number of fused-ring (bicyclic) bond motifs is 28. The minimum atomic E-state index is -1.23. The average molecular weight is 2050 g/mol. The number of allylic oxidation sites excluding steroid dienone is 16. The number of carbonyl (C=O) groups is 11. The molecule has 12 saturated carbocycles. The van der Waals surface area contributed by atoms with Crippen LogP contribution >= 0.6 is 0 Å². The monoisotopic (exact) mass is 2050 g/mol. The van der Waals surface area contributed by atoms with Crippen LogP contribution in [0, 0.1) is 233 Å². The highest BCUT2D eigenvalue weighted by molar-refractivity contribution is 6.06. The summed E-state index contributed by atoms with van der Waals surface area (Å²) >= 11 is 0. The average Bonchev–Trinajstić information content (AvgIpc) is 0.676. The molecule has 150 heavy (non-hydrogen) atoms. The molecule has 0 aromatic carbocycles. The van der Waals surface area contributed by atoms with Crippen LogP contribution in [0.15, 0.2) is 93.7 Å². The molecule has 20 aliphatic carbocycles. The number of aliphatic hydroxyl groups is 2. The van der Waals surface area contributed by atoms with Gasteiger partial charge in [-0.2, -0.15) is 4.39 Å². The number of nitrogens with zero attached hydrogens (tertiary/aromatic N) is 4. The van der Waals surface area contributed by atoms with E-state index < -0.39 is 71.5 Å². The molecule has 814 valence electrons. The summed E-state index contributed by atoms with van der Waals surface area (Å²) in [5.74, 6) is -1.12. The van der Waals surface area contributed by atoms with E-state index in [1.165, 1.54) is 19.8 Å². The minimum Gasteiger partial charge on any atom is -0.469 e. The molecule has 19 nitrogen and oxygen atoms in total. The van der Waals surface area contributed by atoms with Crippen molar-refractivity contribution >= 4 is 64.2 Å². The van der Waals surface area contributed by atoms with E-state index in [9.17, 15) is 67.3 Å². The van der Waals surface area contributed by atoms with Crippen molar-refractivity contribution in [2.45, 2.75) is 386 Å². The molecule has 0 spiro atoms. The van der Waals surface area contributed by atoms with E-state index in [0.717, 1.165) is 170 Å². The smallest absolute Gasteiger partial charge is 0.312 e. The fourth-order valence-electron chi connectivity index (χ4n) is 41.2. The highest BCUT2D eigenvalue weighted by Crippen LogP contribution is 2.82. The quantitative estimate of drug-likeness (QED) is 0.130. The molecule has 30 atom stereocenters. The van der Waals surface area contributed by atoms with Gasteiger partial charge in [0.05, 0.1) is 63.4 Å². The van der Waals surface area contributed by atoms with Crippen LogP contribution in [0.25, 0.3) is 19.4 Å². The molecule has 2 N–H and O–H groups in total. The van der Waals surface area contributed by atoms with Crippen LogP contribution in [0.2, 0.25) is 0 Å². The molecule has 20 aliphatic rings. The largest absolute Gasteiger partial charge is 0.469 e. The molecule has 20 rings (SSSR count). The molecule has 0 radical (unpaired) electrons. The van der Waals surface area contributed by atoms with Gasteiger partial charge in [-0.15, -0.1) is 0 Å². The van der Waals surface area contributed by atoms with Crippen LogP contribution in [0.5, 0.6) is 0 Å². The first-order valence-electron chi connectivity index (χ1n) is 57.4. The Kier molecular flexibility index (Phi) is 26.8. The number of rotatable bonds is 8. The van der Waals surface area contributed by atoms with Crippen LogP contribution < -0.4 is 0 Å². The second-order valence-corrected chi connectivity index (χ2v) is 60.4. The maximum absolute atomic E-state index is 14.9. The van der Waals surface area contributed by atoms with Gasteiger partial charge in [0.1, 0.15) is 5.78 Å². The Bertz CT molecular complexity index is 6280. The molecule has 1 unspecified atom stereocenters. The SMILES string of the molecule is [C-]#[N+]C1=C[C@]2(C)C3=CC(=O)[C@@H]4[C@@H]5CC(C)(C)CC[C@]5(C(=O)CCCO)CC[C@@]4(C)[C@]3(C)CC[C@H]2C(C)(C)C1=O.[C-]#[N+]C1=C[C@]2(C)C3=CC(=O)[C@@H]4[C@@H]5CC(C)(C)CC[C@]5(C(=O)F)CC[C@@]4(C)[C@]3(C)CC[C@H]2C(C)(C)C1=O.[C-]#[N+]C1=C[C@]2(C)C3=CC(=O)[C@@H]4[C@@H]5CC(C)(C)CC[C@]5(C(=O)OC)CC[C@@]4(C)[C@]3(C)CC[C@H]2C(C)(C)C1C.[C-]#[N+]C1=C[C@]2(C)C3=CC(=O)[C@@H]4[C@@H]5CC(C)(C)CC[C@]5(C(=O)OC)CC[C@@]4(C)[C@]3(C)CC[C@H]2[C@@](C)(CO)C1=O. The zero-order valence-corrected chi connectivity index (χ0v) is 96.6. The third-order valence-corrected chi connectivity index (χ3v) is 51.0. The van der Waals surface area contributed by atoms with Gasteiger partial charge in [0.2, 0.25) is 17.1 Å². The van der Waals surface area contributed by atoms with Crippen molar-refractivity contribution in [3.63, 3.8) is 0 Å². The van der Waals surface area contributed by atoms with Gasteiger partial charge in [-0.1, -0.05) is 240 Å². The standard InChI is InChI=1S/C34H47NO4.C33H47NO3.C32H43NO5.C31H40FNO3/c1-29(2)13-15-34(26(38)10-9-17-36)16-14-33(7)27(21(34)19-29)23(37)18-25-31(5)20-22(35-8)28(39)30(3,4)24(31)11-12-32(25,33)6;1-20-22(34-9)19-30(6)24(29(20,4)5)11-12-31(7)25(30)17-23(35)26-21-18-28(2,3)13-15-33(21,27(36)37-10)16-14-32(26,31)8;1-27(2)11-13-32(26(37)38-8)14-12-31(6)24(19(32)16-27)21(35)15-23-28(3)17-20(33-7)25(36)29(4,18-34)22(28)9-10-30(23,31)5;1-26(2)11-13-31(25(32)36)14-12-30(7)23(18(31)16-26)20(34)15-22-28(5)17-19(33-8)24(35)27(3,4)21(28)9-10-29(22,30)6/h18,20-21,24,27,36H,9-17,19H2,1-7H3;17,19-21,24,26H,11-16,18H2,1-8,10H3;15,17,19,22,24,34H,9-14,16,18H2,1-6,8H3;15,17-18,21,23H,9-14,16H2,1-7H3/t21-,24-,27-,31-,32+,33+,34-;20?,21-,24-,26-,30-,31+,32+,33-;19-,22+,24-,28-,29+,30+,31+,32-;18-,21-,23-,28-,29+,30+,31-/m0000/s1. The molecular formula is C130H177FN4O15. The first kappa shape index (κ1) is 113. The predicted octanol–water partition coefficient (Wildman–Crippen LogP) is 27.5. The number of ketones is 8. The molecule has 0 aromatic heterocycles. The zero-order valence-electron chi connectivity index (χ0n) is 96.6. The van der Waals surface area contributed by atoms with E-state index in [4.69, 9.17) is 35.8 Å². The Hall–Kier alpha value is -8.30. The van der Waals surface area contributed by atoms with Crippen molar-refractivity contribution in [1.29, 1.82) is 0 Å². The van der Waals surface area contributed by atoms with Gasteiger partial charge in [0.15, 0.2) is 46.2 Å². The number of aliphatic hydroxyl groups excluding tert-OH is 2. The molecule has 0 aliphatic heterocycles. The Labute approximate surface area is 895 Å². The fraction of sp³-hybridized carbons (Fsp3) is 0.762. The molecule has 0 amide bonds. The van der Waals surface area contributed by atoms with Crippen LogP contribution in [0.1, 0.15) is 386 Å².